The van der Waals surface area contributed by atoms with Crippen molar-refractivity contribution in [3.05, 3.63) is 42.2 Å². The van der Waals surface area contributed by atoms with Gasteiger partial charge in [0.2, 0.25) is 0 Å². The lowest BCUT2D eigenvalue weighted by Gasteiger charge is -2.08. The van der Waals surface area contributed by atoms with Gasteiger partial charge in [0.25, 0.3) is 5.91 Å². The number of nitrogens with one attached hydrogen (secondary N) is 1. The summed E-state index contributed by atoms with van der Waals surface area (Å²) in [4.78, 5) is 19.9. The second-order valence-corrected chi connectivity index (χ2v) is 3.61. The van der Waals surface area contributed by atoms with Crippen LogP contribution in [0.5, 0.6) is 11.8 Å². The van der Waals surface area contributed by atoms with Crippen molar-refractivity contribution >= 4 is 11.6 Å². The first-order chi connectivity index (χ1) is 9.24. The molecule has 0 saturated heterocycles. The molecule has 0 radical (unpaired) electrons. The molecule has 2 aromatic rings. The normalized spacial score (nSPS) is 9.79. The Kier molecular flexibility index (Phi) is 3.92. The van der Waals surface area contributed by atoms with E-state index in [0.717, 1.165) is 0 Å². The molecule has 1 amide bonds. The zero-order valence-corrected chi connectivity index (χ0v) is 10.6. The van der Waals surface area contributed by atoms with Crippen molar-refractivity contribution < 1.29 is 14.3 Å². The van der Waals surface area contributed by atoms with E-state index in [2.05, 4.69) is 15.3 Å². The van der Waals surface area contributed by atoms with Crippen LogP contribution in [-0.2, 0) is 0 Å². The number of ether oxygens (including phenoxy) is 2. The minimum absolute atomic E-state index is 0.246. The molecular formula is C13H13N3O3. The summed E-state index contributed by atoms with van der Waals surface area (Å²) in [6, 6.07) is 7.21. The third-order valence-corrected chi connectivity index (χ3v) is 2.42. The Labute approximate surface area is 110 Å². The molecule has 0 saturated carbocycles. The van der Waals surface area contributed by atoms with Gasteiger partial charge >= 0.3 is 6.01 Å². The van der Waals surface area contributed by atoms with E-state index in [1.165, 1.54) is 26.6 Å². The van der Waals surface area contributed by atoms with Crippen LogP contribution in [0.1, 0.15) is 10.4 Å². The SMILES string of the molecule is COc1ncc(NC(=O)c2ccccc2OC)cn1. The number of carbonyl (C=O) groups excluding carboxylic acids is 1. The van der Waals surface area contributed by atoms with Crippen molar-refractivity contribution in [1.29, 1.82) is 0 Å². The van der Waals surface area contributed by atoms with Crippen LogP contribution in [0.2, 0.25) is 0 Å². The summed E-state index contributed by atoms with van der Waals surface area (Å²) >= 11 is 0. The van der Waals surface area contributed by atoms with Crippen LogP contribution >= 0.6 is 0 Å². The van der Waals surface area contributed by atoms with Crippen LogP contribution in [0.25, 0.3) is 0 Å². The molecule has 98 valence electrons. The van der Waals surface area contributed by atoms with E-state index in [-0.39, 0.29) is 11.9 Å². The van der Waals surface area contributed by atoms with Crippen LogP contribution in [0, 0.1) is 0 Å². The van der Waals surface area contributed by atoms with Gasteiger partial charge in [-0.15, -0.1) is 0 Å². The summed E-state index contributed by atoms with van der Waals surface area (Å²) in [5, 5.41) is 2.68. The summed E-state index contributed by atoms with van der Waals surface area (Å²) in [6.45, 7) is 0. The van der Waals surface area contributed by atoms with Gasteiger partial charge in [-0.2, -0.15) is 0 Å². The number of para-hydroxylation sites is 1. The van der Waals surface area contributed by atoms with Gasteiger partial charge in [-0.1, -0.05) is 12.1 Å². The molecule has 0 aliphatic heterocycles. The van der Waals surface area contributed by atoms with E-state index < -0.39 is 0 Å². The fraction of sp³-hybridized carbons (Fsp3) is 0.154. The van der Waals surface area contributed by atoms with Crippen molar-refractivity contribution in [2.24, 2.45) is 0 Å². The van der Waals surface area contributed by atoms with Crippen LogP contribution in [0.3, 0.4) is 0 Å². The van der Waals surface area contributed by atoms with Gasteiger partial charge < -0.3 is 14.8 Å². The number of rotatable bonds is 4. The van der Waals surface area contributed by atoms with Gasteiger partial charge in [-0.05, 0) is 12.1 Å². The Balaban J connectivity index is 2.16. The number of anilines is 1. The zero-order chi connectivity index (χ0) is 13.7. The molecule has 0 unspecified atom stereocenters. The predicted octanol–water partition coefficient (Wildman–Crippen LogP) is 1.75. The average molecular weight is 259 g/mol. The number of benzene rings is 1. The molecule has 1 N–H and O–H groups in total. The van der Waals surface area contributed by atoms with Crippen LogP contribution in [0.4, 0.5) is 5.69 Å². The lowest BCUT2D eigenvalue weighted by Crippen LogP contribution is -2.13. The predicted molar refractivity (Wildman–Crippen MR) is 69.5 cm³/mol. The molecule has 6 heteroatoms. The smallest absolute Gasteiger partial charge is 0.316 e. The van der Waals surface area contributed by atoms with Gasteiger partial charge in [-0.3, -0.25) is 4.79 Å². The molecule has 0 fully saturated rings. The number of hydrogen-bond donors (Lipinski definition) is 1. The first-order valence-electron chi connectivity index (χ1n) is 5.55. The fourth-order valence-electron chi connectivity index (χ4n) is 1.52. The van der Waals surface area contributed by atoms with Crippen LogP contribution in [0.15, 0.2) is 36.7 Å². The van der Waals surface area contributed by atoms with Gasteiger partial charge in [0.1, 0.15) is 5.75 Å². The van der Waals surface area contributed by atoms with E-state index in [9.17, 15) is 4.79 Å². The highest BCUT2D eigenvalue weighted by Crippen LogP contribution is 2.18. The fourth-order valence-corrected chi connectivity index (χ4v) is 1.52. The molecule has 0 bridgehead atoms. The molecule has 0 aliphatic carbocycles. The molecule has 1 heterocycles. The van der Waals surface area contributed by atoms with Crippen molar-refractivity contribution in [3.8, 4) is 11.8 Å². The molecular weight excluding hydrogens is 246 g/mol. The largest absolute Gasteiger partial charge is 0.496 e. The number of amides is 1. The van der Waals surface area contributed by atoms with Gasteiger partial charge in [0, 0.05) is 0 Å². The van der Waals surface area contributed by atoms with Crippen LogP contribution < -0.4 is 14.8 Å². The van der Waals surface area contributed by atoms with Crippen molar-refractivity contribution in [3.63, 3.8) is 0 Å². The second kappa shape index (κ2) is 5.81. The number of nitrogens with zero attached hydrogens (tertiary/aromatic N) is 2. The molecule has 0 aliphatic rings. The van der Waals surface area contributed by atoms with Crippen molar-refractivity contribution in [2.45, 2.75) is 0 Å². The van der Waals surface area contributed by atoms with Crippen molar-refractivity contribution in [2.75, 3.05) is 19.5 Å². The first-order valence-corrected chi connectivity index (χ1v) is 5.55. The Hall–Kier alpha value is -2.63. The third-order valence-electron chi connectivity index (χ3n) is 2.42. The van der Waals surface area contributed by atoms with Crippen molar-refractivity contribution in [1.82, 2.24) is 9.97 Å². The minimum Gasteiger partial charge on any atom is -0.496 e. The topological polar surface area (TPSA) is 73.3 Å². The Bertz CT molecular complexity index is 570. The summed E-state index contributed by atoms with van der Waals surface area (Å²) in [7, 11) is 2.99. The lowest BCUT2D eigenvalue weighted by atomic mass is 10.2. The van der Waals surface area contributed by atoms with E-state index in [4.69, 9.17) is 9.47 Å². The van der Waals surface area contributed by atoms with E-state index in [1.54, 1.807) is 24.3 Å². The van der Waals surface area contributed by atoms with Gasteiger partial charge in [-0.25, -0.2) is 9.97 Å². The monoisotopic (exact) mass is 259 g/mol. The Morgan fingerprint density at radius 1 is 1.11 bits per heavy atom. The lowest BCUT2D eigenvalue weighted by molar-refractivity contribution is 0.102. The number of methoxy groups -OCH3 is 2. The maximum absolute atomic E-state index is 12.1. The van der Waals surface area contributed by atoms with Gasteiger partial charge in [0.15, 0.2) is 0 Å². The summed E-state index contributed by atoms with van der Waals surface area (Å²) < 4.78 is 9.97. The average Bonchev–Trinajstić information content (AvgIpc) is 2.48. The summed E-state index contributed by atoms with van der Waals surface area (Å²) in [5.74, 6) is 0.223. The van der Waals surface area contributed by atoms with Gasteiger partial charge in [0.05, 0.1) is 37.9 Å². The summed E-state index contributed by atoms with van der Waals surface area (Å²) in [5.41, 5.74) is 0.928. The molecule has 0 atom stereocenters. The molecule has 1 aromatic carbocycles. The highest BCUT2D eigenvalue weighted by molar-refractivity contribution is 6.06. The van der Waals surface area contributed by atoms with E-state index in [0.29, 0.717) is 17.0 Å². The third kappa shape index (κ3) is 2.98. The highest BCUT2D eigenvalue weighted by atomic mass is 16.5. The standard InChI is InChI=1S/C13H13N3O3/c1-18-11-6-4-3-5-10(11)12(17)16-9-7-14-13(19-2)15-8-9/h3-8H,1-2H3,(H,16,17). The second-order valence-electron chi connectivity index (χ2n) is 3.61. The molecule has 2 rings (SSSR count). The van der Waals surface area contributed by atoms with Crippen LogP contribution in [-0.4, -0.2) is 30.1 Å². The Morgan fingerprint density at radius 3 is 2.42 bits per heavy atom. The number of carbonyl (C=O) groups is 1. The number of hydrogen-bond acceptors (Lipinski definition) is 5. The Morgan fingerprint density at radius 2 is 1.79 bits per heavy atom. The molecule has 0 spiro atoms. The maximum Gasteiger partial charge on any atom is 0.316 e. The maximum atomic E-state index is 12.1. The molecule has 19 heavy (non-hydrogen) atoms. The first kappa shape index (κ1) is 12.8. The summed E-state index contributed by atoms with van der Waals surface area (Å²) in [6.07, 6.45) is 2.94. The number of aromatic nitrogens is 2. The van der Waals surface area contributed by atoms with E-state index >= 15 is 0 Å². The molecule has 6 nitrogen and oxygen atoms in total. The quantitative estimate of drug-likeness (QED) is 0.905. The highest BCUT2D eigenvalue weighted by Gasteiger charge is 2.11. The minimum atomic E-state index is -0.286. The zero-order valence-electron chi connectivity index (χ0n) is 10.6. The molecule has 1 aromatic heterocycles. The van der Waals surface area contributed by atoms with E-state index in [1.807, 2.05) is 0 Å².